The normalized spacial score (nSPS) is 14.1. The van der Waals surface area contributed by atoms with Crippen LogP contribution in [0.4, 0.5) is 0 Å². The van der Waals surface area contributed by atoms with Crippen molar-refractivity contribution in [2.45, 2.75) is 70.0 Å². The molecule has 0 aromatic heterocycles. The minimum atomic E-state index is -0.627. The number of benzene rings is 1. The summed E-state index contributed by atoms with van der Waals surface area (Å²) in [6, 6.07) is 8.72. The van der Waals surface area contributed by atoms with E-state index in [1.54, 1.807) is 0 Å². The summed E-state index contributed by atoms with van der Waals surface area (Å²) < 4.78 is 0. The van der Waals surface area contributed by atoms with Crippen LogP contribution in [0.15, 0.2) is 30.3 Å². The van der Waals surface area contributed by atoms with Gasteiger partial charge in [-0.3, -0.25) is 9.59 Å². The molecule has 0 heterocycles. The Balaban J connectivity index is 2.60. The lowest BCUT2D eigenvalue weighted by Gasteiger charge is -2.23. The van der Waals surface area contributed by atoms with Gasteiger partial charge in [-0.15, -0.1) is 0 Å². The van der Waals surface area contributed by atoms with Crippen molar-refractivity contribution in [1.29, 1.82) is 0 Å². The van der Waals surface area contributed by atoms with Gasteiger partial charge in [-0.2, -0.15) is 0 Å². The smallest absolute Gasteiger partial charge is 0.242 e. The molecule has 0 bridgehead atoms. The average molecular weight is 392 g/mol. The van der Waals surface area contributed by atoms with E-state index in [0.717, 1.165) is 37.7 Å². The fraction of sp³-hybridized carbons (Fsp3) is 0.619. The molecule has 0 fully saturated rings. The molecule has 1 aromatic carbocycles. The average Bonchev–Trinajstić information content (AvgIpc) is 2.67. The number of hydrogen-bond acceptors (Lipinski definition) is 5. The second-order valence-corrected chi connectivity index (χ2v) is 7.34. The number of unbranched alkanes of at least 4 members (excludes halogenated alkanes) is 2. The fourth-order valence-electron chi connectivity index (χ4n) is 3.04. The highest BCUT2D eigenvalue weighted by molar-refractivity contribution is 5.89. The zero-order chi connectivity index (χ0) is 20.8. The molecular weight excluding hydrogens is 354 g/mol. The molecular formula is C21H37N5O2. The van der Waals surface area contributed by atoms with Gasteiger partial charge in [0.15, 0.2) is 0 Å². The number of carbonyl (C=O) groups excluding carboxylic acids is 2. The van der Waals surface area contributed by atoms with Crippen LogP contribution in [-0.4, -0.2) is 43.0 Å². The molecule has 7 nitrogen and oxygen atoms in total. The third-order valence-electron chi connectivity index (χ3n) is 4.66. The van der Waals surface area contributed by atoms with E-state index in [2.05, 4.69) is 10.6 Å². The van der Waals surface area contributed by atoms with Crippen LogP contribution in [0.5, 0.6) is 0 Å². The molecule has 7 heteroatoms. The van der Waals surface area contributed by atoms with E-state index in [0.29, 0.717) is 25.9 Å². The van der Waals surface area contributed by atoms with Crippen molar-refractivity contribution < 1.29 is 9.59 Å². The van der Waals surface area contributed by atoms with E-state index in [9.17, 15) is 9.59 Å². The zero-order valence-electron chi connectivity index (χ0n) is 17.0. The van der Waals surface area contributed by atoms with Gasteiger partial charge >= 0.3 is 0 Å². The predicted molar refractivity (Wildman–Crippen MR) is 113 cm³/mol. The quantitative estimate of drug-likeness (QED) is 0.299. The Bertz CT molecular complexity index is 567. The first-order valence-electron chi connectivity index (χ1n) is 10.3. The standard InChI is InChI=1S/C21H37N5O2/c1-16(15-17-9-3-2-4-10-17)25-21(28)19(12-6-8-14-23)26-20(27)18(24)11-5-7-13-22/h2-4,9-10,16,18-19H,5-8,11-15,22-24H2,1H3,(H,25,28)(H,26,27)/t16?,18-,19+/m0/s1. The van der Waals surface area contributed by atoms with Gasteiger partial charge in [0.2, 0.25) is 11.8 Å². The molecule has 0 aliphatic rings. The monoisotopic (exact) mass is 391 g/mol. The number of carbonyl (C=O) groups is 2. The van der Waals surface area contributed by atoms with Crippen LogP contribution >= 0.6 is 0 Å². The van der Waals surface area contributed by atoms with Gasteiger partial charge in [0.25, 0.3) is 0 Å². The van der Waals surface area contributed by atoms with Crippen LogP contribution in [0.1, 0.15) is 51.0 Å². The maximum absolute atomic E-state index is 12.7. The van der Waals surface area contributed by atoms with Crippen molar-refractivity contribution in [3.63, 3.8) is 0 Å². The van der Waals surface area contributed by atoms with E-state index in [1.807, 2.05) is 37.3 Å². The number of rotatable bonds is 14. The Labute approximate surface area is 168 Å². The number of amides is 2. The van der Waals surface area contributed by atoms with Crippen LogP contribution in [0.25, 0.3) is 0 Å². The first-order valence-corrected chi connectivity index (χ1v) is 10.3. The Kier molecular flexibility index (Phi) is 12.1. The molecule has 1 rings (SSSR count). The summed E-state index contributed by atoms with van der Waals surface area (Å²) in [5, 5.41) is 5.83. The molecule has 158 valence electrons. The van der Waals surface area contributed by atoms with E-state index in [-0.39, 0.29) is 17.9 Å². The molecule has 0 radical (unpaired) electrons. The van der Waals surface area contributed by atoms with Crippen molar-refractivity contribution in [2.75, 3.05) is 13.1 Å². The molecule has 2 amide bonds. The van der Waals surface area contributed by atoms with Gasteiger partial charge in [0, 0.05) is 6.04 Å². The van der Waals surface area contributed by atoms with Crippen molar-refractivity contribution >= 4 is 11.8 Å². The summed E-state index contributed by atoms with van der Waals surface area (Å²) in [4.78, 5) is 25.1. The molecule has 0 saturated heterocycles. The Morgan fingerprint density at radius 1 is 0.893 bits per heavy atom. The third kappa shape index (κ3) is 9.82. The molecule has 28 heavy (non-hydrogen) atoms. The van der Waals surface area contributed by atoms with Crippen molar-refractivity contribution in [1.82, 2.24) is 10.6 Å². The van der Waals surface area contributed by atoms with Crippen LogP contribution in [-0.2, 0) is 16.0 Å². The molecule has 0 aliphatic carbocycles. The maximum atomic E-state index is 12.7. The van der Waals surface area contributed by atoms with Gasteiger partial charge in [-0.1, -0.05) is 36.8 Å². The first kappa shape index (κ1) is 24.1. The zero-order valence-corrected chi connectivity index (χ0v) is 17.0. The number of nitrogens with one attached hydrogen (secondary N) is 2. The minimum absolute atomic E-state index is 0.0398. The van der Waals surface area contributed by atoms with E-state index < -0.39 is 12.1 Å². The highest BCUT2D eigenvalue weighted by atomic mass is 16.2. The maximum Gasteiger partial charge on any atom is 0.242 e. The van der Waals surface area contributed by atoms with Gasteiger partial charge in [0.1, 0.15) is 6.04 Å². The Morgan fingerprint density at radius 2 is 1.50 bits per heavy atom. The molecule has 1 unspecified atom stereocenters. The third-order valence-corrected chi connectivity index (χ3v) is 4.66. The first-order chi connectivity index (χ1) is 13.5. The van der Waals surface area contributed by atoms with Gasteiger partial charge in [-0.25, -0.2) is 0 Å². The van der Waals surface area contributed by atoms with Crippen LogP contribution in [0.2, 0.25) is 0 Å². The van der Waals surface area contributed by atoms with Gasteiger partial charge in [-0.05, 0) is 64.1 Å². The molecule has 3 atom stereocenters. The van der Waals surface area contributed by atoms with Crippen LogP contribution in [0.3, 0.4) is 0 Å². The summed E-state index contributed by atoms with van der Waals surface area (Å²) >= 11 is 0. The summed E-state index contributed by atoms with van der Waals surface area (Å²) in [5.41, 5.74) is 18.1. The highest BCUT2D eigenvalue weighted by Gasteiger charge is 2.24. The van der Waals surface area contributed by atoms with E-state index in [4.69, 9.17) is 17.2 Å². The summed E-state index contributed by atoms with van der Waals surface area (Å²) in [6.07, 6.45) is 5.04. The lowest BCUT2D eigenvalue weighted by Crippen LogP contribution is -2.53. The molecule has 0 saturated carbocycles. The summed E-state index contributed by atoms with van der Waals surface area (Å²) in [5.74, 6) is -0.469. The van der Waals surface area contributed by atoms with Crippen LogP contribution in [0, 0.1) is 0 Å². The fourth-order valence-corrected chi connectivity index (χ4v) is 3.04. The van der Waals surface area contributed by atoms with E-state index in [1.165, 1.54) is 0 Å². The van der Waals surface area contributed by atoms with Crippen LogP contribution < -0.4 is 27.8 Å². The van der Waals surface area contributed by atoms with Crippen molar-refractivity contribution in [2.24, 2.45) is 17.2 Å². The molecule has 0 aliphatic heterocycles. The predicted octanol–water partition coefficient (Wildman–Crippen LogP) is 0.804. The largest absolute Gasteiger partial charge is 0.352 e. The van der Waals surface area contributed by atoms with Gasteiger partial charge in [0.05, 0.1) is 6.04 Å². The van der Waals surface area contributed by atoms with E-state index >= 15 is 0 Å². The number of hydrogen-bond donors (Lipinski definition) is 5. The minimum Gasteiger partial charge on any atom is -0.352 e. The lowest BCUT2D eigenvalue weighted by molar-refractivity contribution is -0.130. The lowest BCUT2D eigenvalue weighted by atomic mass is 10.0. The number of nitrogens with two attached hydrogens (primary N) is 3. The second kappa shape index (κ2) is 14.1. The highest BCUT2D eigenvalue weighted by Crippen LogP contribution is 2.06. The summed E-state index contributed by atoms with van der Waals surface area (Å²) in [7, 11) is 0. The van der Waals surface area contributed by atoms with Gasteiger partial charge < -0.3 is 27.8 Å². The topological polar surface area (TPSA) is 136 Å². The Morgan fingerprint density at radius 3 is 2.11 bits per heavy atom. The van der Waals surface area contributed by atoms with Crippen molar-refractivity contribution in [3.8, 4) is 0 Å². The summed E-state index contributed by atoms with van der Waals surface area (Å²) in [6.45, 7) is 3.10. The second-order valence-electron chi connectivity index (χ2n) is 7.34. The Hall–Kier alpha value is -1.96. The molecule has 1 aromatic rings. The van der Waals surface area contributed by atoms with Crippen molar-refractivity contribution in [3.05, 3.63) is 35.9 Å². The SMILES string of the molecule is CC(Cc1ccccc1)NC(=O)[C@@H](CCCCN)NC(=O)[C@@H](N)CCCCN. The molecule has 8 N–H and O–H groups in total. The molecule has 0 spiro atoms.